The number of benzene rings is 1. The summed E-state index contributed by atoms with van der Waals surface area (Å²) < 4.78 is 5.77. The number of aromatic nitrogens is 1. The van der Waals surface area contributed by atoms with E-state index in [1.54, 1.807) is 11.3 Å². The highest BCUT2D eigenvalue weighted by atomic mass is 32.1. The molecule has 0 unspecified atom stereocenters. The Balaban J connectivity index is 2.43. The lowest BCUT2D eigenvalue weighted by atomic mass is 10.1. The van der Waals surface area contributed by atoms with Gasteiger partial charge in [-0.3, -0.25) is 0 Å². The van der Waals surface area contributed by atoms with Crippen LogP contribution in [0.25, 0.3) is 10.6 Å². The topological polar surface area (TPSA) is 22.1 Å². The molecule has 0 fully saturated rings. The number of nitrogens with zero attached hydrogens (tertiary/aromatic N) is 1. The third-order valence-corrected chi connectivity index (χ3v) is 3.43. The van der Waals surface area contributed by atoms with E-state index in [4.69, 9.17) is 4.74 Å². The van der Waals surface area contributed by atoms with E-state index >= 15 is 0 Å². The molecule has 2 nitrogen and oxygen atoms in total. The molecule has 0 spiro atoms. The van der Waals surface area contributed by atoms with Gasteiger partial charge in [0.15, 0.2) is 0 Å². The predicted octanol–water partition coefficient (Wildman–Crippen LogP) is 4.28. The lowest BCUT2D eigenvalue weighted by molar-refractivity contribution is 0.242. The number of thiazole rings is 1. The van der Waals surface area contributed by atoms with Gasteiger partial charge in [0.25, 0.3) is 0 Å². The number of ether oxygens (including phenoxy) is 1. The van der Waals surface area contributed by atoms with Crippen molar-refractivity contribution in [1.82, 2.24) is 4.98 Å². The van der Waals surface area contributed by atoms with Gasteiger partial charge in [0.2, 0.25) is 0 Å². The Morgan fingerprint density at radius 2 is 2.11 bits per heavy atom. The molecule has 2 rings (SSSR count). The zero-order chi connectivity index (χ0) is 13.8. The van der Waals surface area contributed by atoms with Gasteiger partial charge in [-0.15, -0.1) is 17.3 Å². The molecule has 98 valence electrons. The number of aryl methyl sites for hydroxylation is 1. The van der Waals surface area contributed by atoms with E-state index in [1.165, 1.54) is 4.88 Å². The molecule has 0 saturated carbocycles. The van der Waals surface area contributed by atoms with Crippen molar-refractivity contribution in [3.63, 3.8) is 0 Å². The first-order valence-electron chi connectivity index (χ1n) is 6.26. The molecule has 19 heavy (non-hydrogen) atoms. The van der Waals surface area contributed by atoms with Crippen molar-refractivity contribution in [1.29, 1.82) is 0 Å². The molecule has 2 aromatic rings. The number of hydrogen-bond acceptors (Lipinski definition) is 3. The first kappa shape index (κ1) is 13.6. The van der Waals surface area contributed by atoms with Crippen molar-refractivity contribution in [2.24, 2.45) is 0 Å². The highest BCUT2D eigenvalue weighted by Gasteiger charge is 2.08. The van der Waals surface area contributed by atoms with Gasteiger partial charge in [0.1, 0.15) is 10.8 Å². The van der Waals surface area contributed by atoms with Crippen molar-refractivity contribution < 1.29 is 4.74 Å². The molecule has 3 heteroatoms. The van der Waals surface area contributed by atoms with Crippen molar-refractivity contribution in [2.75, 3.05) is 0 Å². The summed E-state index contributed by atoms with van der Waals surface area (Å²) in [5, 5.41) is 1.02. The fourth-order valence-electron chi connectivity index (χ4n) is 1.74. The third kappa shape index (κ3) is 3.36. The Morgan fingerprint density at radius 3 is 2.68 bits per heavy atom. The molecule has 0 aliphatic heterocycles. The van der Waals surface area contributed by atoms with E-state index in [1.807, 2.05) is 45.2 Å². The summed E-state index contributed by atoms with van der Waals surface area (Å²) in [5.41, 5.74) is 2.01. The summed E-state index contributed by atoms with van der Waals surface area (Å²) in [6.07, 6.45) is 2.04. The summed E-state index contributed by atoms with van der Waals surface area (Å²) >= 11 is 1.69. The second-order valence-electron chi connectivity index (χ2n) is 4.53. The minimum absolute atomic E-state index is 0.144. The molecule has 0 bridgehead atoms. The van der Waals surface area contributed by atoms with E-state index in [2.05, 4.69) is 23.7 Å². The van der Waals surface area contributed by atoms with Gasteiger partial charge in [-0.25, -0.2) is 4.98 Å². The van der Waals surface area contributed by atoms with Crippen LogP contribution in [0.2, 0.25) is 0 Å². The lowest BCUT2D eigenvalue weighted by Crippen LogP contribution is -2.06. The second-order valence-corrected chi connectivity index (χ2v) is 5.76. The fourth-order valence-corrected chi connectivity index (χ4v) is 2.50. The third-order valence-electron chi connectivity index (χ3n) is 2.47. The van der Waals surface area contributed by atoms with E-state index in [9.17, 15) is 0 Å². The summed E-state index contributed by atoms with van der Waals surface area (Å²) in [4.78, 5) is 5.62. The van der Waals surface area contributed by atoms with Crippen LogP contribution in [0.3, 0.4) is 0 Å². The van der Waals surface area contributed by atoms with Crippen LogP contribution in [-0.4, -0.2) is 11.1 Å². The van der Waals surface area contributed by atoms with Crippen LogP contribution in [0, 0.1) is 18.8 Å². The maximum absolute atomic E-state index is 5.77. The normalized spacial score (nSPS) is 10.2. The highest BCUT2D eigenvalue weighted by molar-refractivity contribution is 7.14. The minimum atomic E-state index is 0.144. The first-order chi connectivity index (χ1) is 9.10. The Morgan fingerprint density at radius 1 is 1.32 bits per heavy atom. The summed E-state index contributed by atoms with van der Waals surface area (Å²) in [6.45, 7) is 7.92. The molecule has 0 saturated heterocycles. The monoisotopic (exact) mass is 271 g/mol. The highest BCUT2D eigenvalue weighted by Crippen LogP contribution is 2.29. The molecule has 1 aromatic heterocycles. The number of rotatable bonds is 3. The molecule has 0 atom stereocenters. The van der Waals surface area contributed by atoms with Crippen molar-refractivity contribution in [2.45, 2.75) is 33.8 Å². The average molecular weight is 271 g/mol. The van der Waals surface area contributed by atoms with Gasteiger partial charge >= 0.3 is 0 Å². The van der Waals surface area contributed by atoms with Gasteiger partial charge in [0.05, 0.1) is 11.7 Å². The van der Waals surface area contributed by atoms with Crippen LogP contribution in [0.4, 0.5) is 0 Å². The maximum Gasteiger partial charge on any atom is 0.135 e. The molecular formula is C16H17NOS. The van der Waals surface area contributed by atoms with Crippen LogP contribution < -0.4 is 4.74 Å². The van der Waals surface area contributed by atoms with Crippen molar-refractivity contribution in [3.05, 3.63) is 34.8 Å². The van der Waals surface area contributed by atoms with Crippen LogP contribution in [0.15, 0.2) is 24.4 Å². The van der Waals surface area contributed by atoms with E-state index in [0.29, 0.717) is 0 Å². The van der Waals surface area contributed by atoms with Crippen LogP contribution in [0.5, 0.6) is 5.75 Å². The maximum atomic E-state index is 5.77. The quantitative estimate of drug-likeness (QED) is 0.777. The molecule has 0 aliphatic rings. The van der Waals surface area contributed by atoms with Gasteiger partial charge in [-0.05, 0) is 45.9 Å². The fraction of sp³-hybridized carbons (Fsp3) is 0.312. The largest absolute Gasteiger partial charge is 0.490 e. The van der Waals surface area contributed by atoms with E-state index in [-0.39, 0.29) is 6.10 Å². The molecule has 1 heterocycles. The Hall–Kier alpha value is -1.79. The van der Waals surface area contributed by atoms with Gasteiger partial charge < -0.3 is 4.74 Å². The van der Waals surface area contributed by atoms with Crippen molar-refractivity contribution >= 4 is 11.3 Å². The van der Waals surface area contributed by atoms with Crippen molar-refractivity contribution in [3.8, 4) is 28.2 Å². The molecule has 0 amide bonds. The van der Waals surface area contributed by atoms with Crippen LogP contribution >= 0.6 is 11.3 Å². The Bertz CT molecular complexity index is 632. The zero-order valence-electron chi connectivity index (χ0n) is 11.7. The van der Waals surface area contributed by atoms with E-state index in [0.717, 1.165) is 21.9 Å². The smallest absolute Gasteiger partial charge is 0.135 e. The lowest BCUT2D eigenvalue weighted by Gasteiger charge is -2.12. The zero-order valence-corrected chi connectivity index (χ0v) is 12.5. The molecule has 0 N–H and O–H groups in total. The Kier molecular flexibility index (Phi) is 4.24. The predicted molar refractivity (Wildman–Crippen MR) is 80.6 cm³/mol. The summed E-state index contributed by atoms with van der Waals surface area (Å²) in [6, 6.07) is 6.06. The minimum Gasteiger partial charge on any atom is -0.490 e. The Labute approximate surface area is 118 Å². The van der Waals surface area contributed by atoms with Gasteiger partial charge in [0, 0.05) is 16.6 Å². The average Bonchev–Trinajstić information content (AvgIpc) is 2.78. The summed E-state index contributed by atoms with van der Waals surface area (Å²) in [7, 11) is 0. The number of hydrogen-bond donors (Lipinski definition) is 0. The molecule has 0 radical (unpaired) electrons. The van der Waals surface area contributed by atoms with Gasteiger partial charge in [-0.1, -0.05) is 5.92 Å². The molecular weight excluding hydrogens is 254 g/mol. The van der Waals surface area contributed by atoms with Crippen LogP contribution in [0.1, 0.15) is 31.2 Å². The second kappa shape index (κ2) is 5.90. The summed E-state index contributed by atoms with van der Waals surface area (Å²) in [5.74, 6) is 6.87. The molecule has 1 aromatic carbocycles. The van der Waals surface area contributed by atoms with Gasteiger partial charge in [-0.2, -0.15) is 0 Å². The molecule has 0 aliphatic carbocycles. The first-order valence-corrected chi connectivity index (χ1v) is 7.08. The van der Waals surface area contributed by atoms with E-state index < -0.39 is 0 Å². The SMILES string of the molecule is CC#Cc1cc(-c2ncc(C)s2)ccc1OC(C)C. The van der Waals surface area contributed by atoms with Crippen LogP contribution in [-0.2, 0) is 0 Å². The standard InChI is InChI=1S/C16H17NOS/c1-5-6-13-9-14(16-17-10-12(4)19-16)7-8-15(13)18-11(2)3/h7-11H,1-4H3.